The van der Waals surface area contributed by atoms with Crippen molar-refractivity contribution in [1.29, 1.82) is 0 Å². The Bertz CT molecular complexity index is 653. The van der Waals surface area contributed by atoms with E-state index in [1.807, 2.05) is 0 Å². The second kappa shape index (κ2) is 5.07. The van der Waals surface area contributed by atoms with Crippen LogP contribution < -0.4 is 5.32 Å². The van der Waals surface area contributed by atoms with Crippen molar-refractivity contribution in [3.8, 4) is 0 Å². The first-order valence-corrected chi connectivity index (χ1v) is 5.62. The van der Waals surface area contributed by atoms with Gasteiger partial charge in [0.1, 0.15) is 5.15 Å². The Hall–Kier alpha value is -2.41. The number of hydrogen-bond acceptors (Lipinski definition) is 4. The number of carbonyl (C=O) groups is 1. The number of hydrogen-bond donors (Lipinski definition) is 2. The summed E-state index contributed by atoms with van der Waals surface area (Å²) >= 11 is 5.77. The lowest BCUT2D eigenvalue weighted by Gasteiger charge is -2.03. The third-order valence-corrected chi connectivity index (χ3v) is 2.78. The molecule has 2 rings (SSSR count). The zero-order valence-electron chi connectivity index (χ0n) is 9.81. The van der Waals surface area contributed by atoms with Crippen LogP contribution in [0.15, 0.2) is 24.4 Å². The van der Waals surface area contributed by atoms with Gasteiger partial charge in [0, 0.05) is 6.07 Å². The molecule has 98 valence electrons. The molecular formula is C11H9ClN4O3. The monoisotopic (exact) mass is 280 g/mol. The summed E-state index contributed by atoms with van der Waals surface area (Å²) in [5.41, 5.74) is 1.28. The Morgan fingerprint density at radius 3 is 2.84 bits per heavy atom. The van der Waals surface area contributed by atoms with Crippen LogP contribution in [-0.4, -0.2) is 20.8 Å². The molecule has 7 nitrogen and oxygen atoms in total. The molecule has 2 aromatic rings. The second-order valence-electron chi connectivity index (χ2n) is 3.80. The van der Waals surface area contributed by atoms with Crippen LogP contribution in [0.25, 0.3) is 0 Å². The smallest absolute Gasteiger partial charge is 0.321 e. The lowest BCUT2D eigenvalue weighted by molar-refractivity contribution is -0.389. The first-order chi connectivity index (χ1) is 8.97. The van der Waals surface area contributed by atoms with E-state index in [4.69, 9.17) is 11.6 Å². The zero-order chi connectivity index (χ0) is 14.0. The fourth-order valence-corrected chi connectivity index (χ4v) is 1.55. The number of amides is 1. The van der Waals surface area contributed by atoms with E-state index >= 15 is 0 Å². The van der Waals surface area contributed by atoms with Crippen LogP contribution in [0.3, 0.4) is 0 Å². The lowest BCUT2D eigenvalue weighted by Crippen LogP contribution is -2.12. The van der Waals surface area contributed by atoms with Gasteiger partial charge in [-0.3, -0.25) is 4.79 Å². The summed E-state index contributed by atoms with van der Waals surface area (Å²) in [7, 11) is 0. The number of carbonyl (C=O) groups excluding carboxylic acids is 1. The molecule has 0 aromatic carbocycles. The minimum Gasteiger partial charge on any atom is -0.358 e. The Labute approximate surface area is 112 Å². The molecule has 0 aliphatic carbocycles. The van der Waals surface area contributed by atoms with Crippen molar-refractivity contribution in [2.75, 3.05) is 5.32 Å². The summed E-state index contributed by atoms with van der Waals surface area (Å²) in [6.07, 6.45) is 1.41. The highest BCUT2D eigenvalue weighted by atomic mass is 35.5. The van der Waals surface area contributed by atoms with Gasteiger partial charge in [0.05, 0.1) is 11.9 Å². The van der Waals surface area contributed by atoms with Gasteiger partial charge in [0.25, 0.3) is 5.91 Å². The highest BCUT2D eigenvalue weighted by Crippen LogP contribution is 2.17. The van der Waals surface area contributed by atoms with E-state index in [9.17, 15) is 14.9 Å². The van der Waals surface area contributed by atoms with Gasteiger partial charge in [-0.1, -0.05) is 11.6 Å². The maximum atomic E-state index is 11.8. The number of H-pyrrole nitrogens is 1. The number of nitrogens with zero attached hydrogens (tertiary/aromatic N) is 2. The normalized spacial score (nSPS) is 10.2. The van der Waals surface area contributed by atoms with Crippen LogP contribution >= 0.6 is 11.6 Å². The Kier molecular flexibility index (Phi) is 3.48. The molecule has 0 aliphatic rings. The Balaban J connectivity index is 2.15. The molecule has 0 aliphatic heterocycles. The molecular weight excluding hydrogens is 272 g/mol. The summed E-state index contributed by atoms with van der Waals surface area (Å²) in [5, 5.41) is 13.4. The number of rotatable bonds is 3. The predicted molar refractivity (Wildman–Crippen MR) is 69.4 cm³/mol. The fraction of sp³-hybridized carbons (Fsp3) is 0.0909. The SMILES string of the molecule is Cc1cc(NC(=O)c2ccc([N+](=O)[O-])[nH]2)cnc1Cl. The van der Waals surface area contributed by atoms with Gasteiger partial charge in [-0.2, -0.15) is 0 Å². The van der Waals surface area contributed by atoms with Crippen LogP contribution in [0.1, 0.15) is 16.1 Å². The lowest BCUT2D eigenvalue weighted by atomic mass is 10.3. The molecule has 1 amide bonds. The summed E-state index contributed by atoms with van der Waals surface area (Å²) < 4.78 is 0. The third-order valence-electron chi connectivity index (χ3n) is 2.38. The molecule has 0 bridgehead atoms. The number of pyridine rings is 1. The molecule has 0 radical (unpaired) electrons. The number of nitrogens with one attached hydrogen (secondary N) is 2. The van der Waals surface area contributed by atoms with E-state index in [1.54, 1.807) is 13.0 Å². The average Bonchev–Trinajstić information content (AvgIpc) is 2.83. The molecule has 0 saturated carbocycles. The van der Waals surface area contributed by atoms with Crippen molar-refractivity contribution in [3.05, 3.63) is 50.9 Å². The van der Waals surface area contributed by atoms with Crippen LogP contribution in [0.5, 0.6) is 0 Å². The first kappa shape index (κ1) is 13.0. The number of aromatic amines is 1. The second-order valence-corrected chi connectivity index (χ2v) is 4.16. The van der Waals surface area contributed by atoms with Crippen molar-refractivity contribution in [1.82, 2.24) is 9.97 Å². The van der Waals surface area contributed by atoms with Crippen LogP contribution in [0.4, 0.5) is 11.5 Å². The van der Waals surface area contributed by atoms with E-state index in [0.29, 0.717) is 10.8 Å². The number of anilines is 1. The molecule has 0 saturated heterocycles. The highest BCUT2D eigenvalue weighted by molar-refractivity contribution is 6.30. The predicted octanol–water partition coefficient (Wildman–Crippen LogP) is 2.53. The third kappa shape index (κ3) is 2.89. The minimum atomic E-state index is -0.606. The Morgan fingerprint density at radius 1 is 1.53 bits per heavy atom. The zero-order valence-corrected chi connectivity index (χ0v) is 10.6. The molecule has 2 aromatic heterocycles. The van der Waals surface area contributed by atoms with E-state index in [2.05, 4.69) is 15.3 Å². The Morgan fingerprint density at radius 2 is 2.26 bits per heavy atom. The number of halogens is 1. The summed E-state index contributed by atoms with van der Waals surface area (Å²) in [4.78, 5) is 28.0. The maximum absolute atomic E-state index is 11.8. The quantitative estimate of drug-likeness (QED) is 0.512. The number of aryl methyl sites for hydroxylation is 1. The fourth-order valence-electron chi connectivity index (χ4n) is 1.45. The van der Waals surface area contributed by atoms with E-state index in [-0.39, 0.29) is 11.5 Å². The molecule has 8 heteroatoms. The van der Waals surface area contributed by atoms with Crippen molar-refractivity contribution >= 4 is 29.0 Å². The largest absolute Gasteiger partial charge is 0.358 e. The van der Waals surface area contributed by atoms with Gasteiger partial charge < -0.3 is 15.4 Å². The van der Waals surface area contributed by atoms with Crippen LogP contribution in [0.2, 0.25) is 5.15 Å². The van der Waals surface area contributed by atoms with Crippen molar-refractivity contribution < 1.29 is 9.72 Å². The molecule has 0 atom stereocenters. The topological polar surface area (TPSA) is 101 Å². The summed E-state index contributed by atoms with van der Waals surface area (Å²) in [6.45, 7) is 1.75. The van der Waals surface area contributed by atoms with E-state index in [1.165, 1.54) is 18.3 Å². The standard InChI is InChI=1S/C11H9ClN4O3/c1-6-4-7(5-13-10(6)12)14-11(17)8-2-3-9(15-8)16(18)19/h2-5,15H,1H3,(H,14,17). The molecule has 0 fully saturated rings. The van der Waals surface area contributed by atoms with E-state index in [0.717, 1.165) is 5.56 Å². The maximum Gasteiger partial charge on any atom is 0.321 e. The average molecular weight is 281 g/mol. The molecule has 0 unspecified atom stereocenters. The van der Waals surface area contributed by atoms with Gasteiger partial charge in [-0.15, -0.1) is 0 Å². The number of nitro groups is 1. The number of aromatic nitrogens is 2. The van der Waals surface area contributed by atoms with Gasteiger partial charge in [-0.25, -0.2) is 9.97 Å². The van der Waals surface area contributed by atoms with Crippen LogP contribution in [0, 0.1) is 17.0 Å². The minimum absolute atomic E-state index is 0.0966. The van der Waals surface area contributed by atoms with Gasteiger partial charge in [-0.05, 0) is 29.5 Å². The van der Waals surface area contributed by atoms with Crippen molar-refractivity contribution in [2.45, 2.75) is 6.92 Å². The molecule has 2 heterocycles. The van der Waals surface area contributed by atoms with Crippen molar-refractivity contribution in [3.63, 3.8) is 0 Å². The van der Waals surface area contributed by atoms with Crippen LogP contribution in [-0.2, 0) is 0 Å². The highest BCUT2D eigenvalue weighted by Gasteiger charge is 2.15. The first-order valence-electron chi connectivity index (χ1n) is 5.24. The van der Waals surface area contributed by atoms with Gasteiger partial charge in [0.15, 0.2) is 5.69 Å². The molecule has 2 N–H and O–H groups in total. The summed E-state index contributed by atoms with van der Waals surface area (Å²) in [6, 6.07) is 4.22. The molecule has 19 heavy (non-hydrogen) atoms. The summed E-state index contributed by atoms with van der Waals surface area (Å²) in [5.74, 6) is -0.729. The van der Waals surface area contributed by atoms with Crippen molar-refractivity contribution in [2.24, 2.45) is 0 Å². The molecule has 0 spiro atoms. The van der Waals surface area contributed by atoms with E-state index < -0.39 is 10.8 Å². The van der Waals surface area contributed by atoms with Gasteiger partial charge >= 0.3 is 5.82 Å². The van der Waals surface area contributed by atoms with Gasteiger partial charge in [0.2, 0.25) is 0 Å².